The van der Waals surface area contributed by atoms with Crippen molar-refractivity contribution in [3.63, 3.8) is 0 Å². The molecule has 14 heavy (non-hydrogen) atoms. The number of hydrogen-bond acceptors (Lipinski definition) is 1. The molecular weight excluding hydrogens is 261 g/mol. The number of rotatable bonds is 0. The van der Waals surface area contributed by atoms with Crippen molar-refractivity contribution in [2.75, 3.05) is 0 Å². The molecule has 1 aromatic carbocycles. The van der Waals surface area contributed by atoms with Gasteiger partial charge in [0.1, 0.15) is 0 Å². The highest BCUT2D eigenvalue weighted by molar-refractivity contribution is 9.10. The summed E-state index contributed by atoms with van der Waals surface area (Å²) in [5.41, 5.74) is 3.06. The molecule has 1 saturated carbocycles. The third-order valence-corrected chi connectivity index (χ3v) is 3.76. The number of halogens is 2. The van der Waals surface area contributed by atoms with E-state index in [4.69, 9.17) is 0 Å². The molecular formula is C11H13BrClN. The van der Waals surface area contributed by atoms with Gasteiger partial charge in [0.05, 0.1) is 0 Å². The lowest BCUT2D eigenvalue weighted by Crippen LogP contribution is -2.36. The molecule has 3 heteroatoms. The van der Waals surface area contributed by atoms with Crippen LogP contribution in [0.2, 0.25) is 0 Å². The Kier molecular flexibility index (Phi) is 2.87. The van der Waals surface area contributed by atoms with E-state index in [1.54, 1.807) is 5.56 Å². The topological polar surface area (TPSA) is 12.0 Å². The van der Waals surface area contributed by atoms with E-state index in [0.717, 1.165) is 18.5 Å². The van der Waals surface area contributed by atoms with E-state index >= 15 is 0 Å². The SMILES string of the molecule is Brc1ccc2c(c1)CNC1CC2C1.Cl. The average molecular weight is 275 g/mol. The van der Waals surface area contributed by atoms with Crippen LogP contribution in [0.1, 0.15) is 29.9 Å². The van der Waals surface area contributed by atoms with E-state index in [0.29, 0.717) is 0 Å². The summed E-state index contributed by atoms with van der Waals surface area (Å²) in [5.74, 6) is 0.836. The van der Waals surface area contributed by atoms with Gasteiger partial charge in [0.25, 0.3) is 0 Å². The molecule has 0 unspecified atom stereocenters. The smallest absolute Gasteiger partial charge is 0.0211 e. The fourth-order valence-corrected chi connectivity index (χ4v) is 2.83. The molecule has 2 heterocycles. The molecule has 0 atom stereocenters. The minimum absolute atomic E-state index is 0. The summed E-state index contributed by atoms with van der Waals surface area (Å²) in [6, 6.07) is 7.49. The van der Waals surface area contributed by atoms with Crippen molar-refractivity contribution in [1.82, 2.24) is 5.32 Å². The first-order valence-corrected chi connectivity index (χ1v) is 5.64. The molecule has 0 amide bonds. The van der Waals surface area contributed by atoms with Gasteiger partial charge in [-0.2, -0.15) is 0 Å². The van der Waals surface area contributed by atoms with Crippen LogP contribution in [0.3, 0.4) is 0 Å². The molecule has 1 aliphatic carbocycles. The molecule has 0 radical (unpaired) electrons. The Hall–Kier alpha value is -0.0500. The molecule has 0 aromatic heterocycles. The summed E-state index contributed by atoms with van der Waals surface area (Å²) < 4.78 is 1.20. The van der Waals surface area contributed by atoms with Gasteiger partial charge < -0.3 is 5.32 Å². The van der Waals surface area contributed by atoms with Crippen molar-refractivity contribution in [2.45, 2.75) is 31.3 Å². The van der Waals surface area contributed by atoms with Gasteiger partial charge in [-0.25, -0.2) is 0 Å². The third-order valence-electron chi connectivity index (χ3n) is 3.26. The number of nitrogens with one attached hydrogen (secondary N) is 1. The van der Waals surface area contributed by atoms with Gasteiger partial charge >= 0.3 is 0 Å². The largest absolute Gasteiger partial charge is 0.310 e. The van der Waals surface area contributed by atoms with E-state index in [2.05, 4.69) is 39.4 Å². The van der Waals surface area contributed by atoms with Crippen molar-refractivity contribution >= 4 is 28.3 Å². The van der Waals surface area contributed by atoms with Crippen LogP contribution in [-0.2, 0) is 6.54 Å². The van der Waals surface area contributed by atoms with E-state index < -0.39 is 0 Å². The summed E-state index contributed by atoms with van der Waals surface area (Å²) >= 11 is 3.52. The number of fused-ring (bicyclic) bond motifs is 1. The van der Waals surface area contributed by atoms with Crippen molar-refractivity contribution < 1.29 is 0 Å². The van der Waals surface area contributed by atoms with Gasteiger partial charge in [0.15, 0.2) is 0 Å². The Morgan fingerprint density at radius 3 is 2.86 bits per heavy atom. The van der Waals surface area contributed by atoms with Crippen LogP contribution >= 0.6 is 28.3 Å². The van der Waals surface area contributed by atoms with Gasteiger partial charge in [-0.1, -0.05) is 22.0 Å². The predicted molar refractivity (Wildman–Crippen MR) is 64.0 cm³/mol. The summed E-state index contributed by atoms with van der Waals surface area (Å²) in [4.78, 5) is 0. The van der Waals surface area contributed by atoms with Crippen LogP contribution in [0.25, 0.3) is 0 Å². The van der Waals surface area contributed by atoms with E-state index in [-0.39, 0.29) is 12.4 Å². The lowest BCUT2D eigenvalue weighted by atomic mass is 9.76. The average Bonchev–Trinajstić information content (AvgIpc) is 2.29. The van der Waals surface area contributed by atoms with E-state index in [1.165, 1.54) is 22.9 Å². The first-order chi connectivity index (χ1) is 6.33. The van der Waals surface area contributed by atoms with Crippen molar-refractivity contribution in [1.29, 1.82) is 0 Å². The second kappa shape index (κ2) is 3.84. The Morgan fingerprint density at radius 2 is 2.07 bits per heavy atom. The molecule has 3 aliphatic rings. The molecule has 1 N–H and O–H groups in total. The summed E-state index contributed by atoms with van der Waals surface area (Å²) in [6.07, 6.45) is 2.68. The maximum absolute atomic E-state index is 3.57. The first-order valence-electron chi connectivity index (χ1n) is 4.84. The zero-order chi connectivity index (χ0) is 8.84. The predicted octanol–water partition coefficient (Wildman–Crippen LogP) is 3.22. The quantitative estimate of drug-likeness (QED) is 0.766. The van der Waals surface area contributed by atoms with Crippen LogP contribution in [0.15, 0.2) is 22.7 Å². The van der Waals surface area contributed by atoms with Crippen molar-refractivity contribution in [2.24, 2.45) is 0 Å². The molecule has 0 saturated heterocycles. The lowest BCUT2D eigenvalue weighted by Gasteiger charge is -2.33. The van der Waals surface area contributed by atoms with Gasteiger partial charge in [-0.3, -0.25) is 0 Å². The highest BCUT2D eigenvalue weighted by Crippen LogP contribution is 2.41. The van der Waals surface area contributed by atoms with Gasteiger partial charge in [-0.15, -0.1) is 12.4 Å². The third kappa shape index (κ3) is 1.60. The fourth-order valence-electron chi connectivity index (χ4n) is 2.42. The van der Waals surface area contributed by atoms with Gasteiger partial charge in [0.2, 0.25) is 0 Å². The lowest BCUT2D eigenvalue weighted by molar-refractivity contribution is 0.306. The number of hydrogen-bond donors (Lipinski definition) is 1. The Labute approximate surface area is 98.8 Å². The molecule has 1 aromatic rings. The molecule has 4 rings (SSSR count). The van der Waals surface area contributed by atoms with Crippen LogP contribution in [0.4, 0.5) is 0 Å². The Morgan fingerprint density at radius 1 is 1.29 bits per heavy atom. The fraction of sp³-hybridized carbons (Fsp3) is 0.455. The van der Waals surface area contributed by atoms with Gasteiger partial charge in [0, 0.05) is 17.1 Å². The maximum Gasteiger partial charge on any atom is 0.0211 e. The molecule has 2 aliphatic heterocycles. The number of benzene rings is 1. The highest BCUT2D eigenvalue weighted by Gasteiger charge is 2.33. The van der Waals surface area contributed by atoms with Crippen LogP contribution in [0.5, 0.6) is 0 Å². The molecule has 76 valence electrons. The van der Waals surface area contributed by atoms with Crippen molar-refractivity contribution in [3.8, 4) is 0 Å². The van der Waals surface area contributed by atoms with Crippen LogP contribution in [0, 0.1) is 0 Å². The Bertz CT molecular complexity index is 347. The highest BCUT2D eigenvalue weighted by atomic mass is 79.9. The normalized spacial score (nSPS) is 28.1. The summed E-state index contributed by atoms with van der Waals surface area (Å²) in [7, 11) is 0. The minimum atomic E-state index is 0. The molecule has 0 spiro atoms. The van der Waals surface area contributed by atoms with Crippen LogP contribution in [-0.4, -0.2) is 6.04 Å². The first kappa shape index (κ1) is 10.5. The standard InChI is InChI=1S/C11H12BrN.ClH/c12-9-1-2-11-7-4-10(5-7)13-6-8(11)3-9;/h1-3,7,10,13H,4-6H2;1H. The molecule has 1 fully saturated rings. The molecule has 2 bridgehead atoms. The van der Waals surface area contributed by atoms with Crippen LogP contribution < -0.4 is 5.32 Å². The van der Waals surface area contributed by atoms with Crippen molar-refractivity contribution in [3.05, 3.63) is 33.8 Å². The minimum Gasteiger partial charge on any atom is -0.310 e. The Balaban J connectivity index is 0.000000750. The zero-order valence-electron chi connectivity index (χ0n) is 7.79. The summed E-state index contributed by atoms with van der Waals surface area (Å²) in [5, 5.41) is 3.57. The maximum atomic E-state index is 3.57. The van der Waals surface area contributed by atoms with E-state index in [1.807, 2.05) is 0 Å². The second-order valence-corrected chi connectivity index (χ2v) is 5.00. The zero-order valence-corrected chi connectivity index (χ0v) is 10.2. The molecule has 1 nitrogen and oxygen atoms in total. The van der Waals surface area contributed by atoms with Gasteiger partial charge in [-0.05, 0) is 42.0 Å². The second-order valence-electron chi connectivity index (χ2n) is 4.09. The van der Waals surface area contributed by atoms with E-state index in [9.17, 15) is 0 Å². The summed E-state index contributed by atoms with van der Waals surface area (Å²) in [6.45, 7) is 1.05. The monoisotopic (exact) mass is 273 g/mol.